The Balaban J connectivity index is 1.69. The van der Waals surface area contributed by atoms with Crippen molar-refractivity contribution >= 4 is 38.3 Å². The van der Waals surface area contributed by atoms with E-state index in [9.17, 15) is 13.2 Å². The molecular formula is C22H24N4O3S2. The number of fused-ring (bicyclic) bond motifs is 3. The fourth-order valence-corrected chi connectivity index (χ4v) is 6.01. The molecule has 162 valence electrons. The van der Waals surface area contributed by atoms with E-state index in [4.69, 9.17) is 0 Å². The zero-order chi connectivity index (χ0) is 22.0. The smallest absolute Gasteiger partial charge is 0.262 e. The fraction of sp³-hybridized carbons (Fsp3) is 0.318. The van der Waals surface area contributed by atoms with Crippen LogP contribution in [0.5, 0.6) is 0 Å². The molecule has 0 saturated carbocycles. The fourth-order valence-electron chi connectivity index (χ4n) is 3.40. The summed E-state index contributed by atoms with van der Waals surface area (Å²) in [4.78, 5) is 13.4. The maximum absolute atomic E-state index is 13.1. The molecule has 0 spiro atoms. The Kier molecular flexibility index (Phi) is 6.15. The standard InChI is InChI=1S/C22H24N4O3S2/c1-16(2)12-13-25-20(27)18-10-6-7-11-19(18)26-21(25)23-24-22(26)30-14-15-31(28,29)17-8-4-3-5-9-17/h3-11,16H,12-15H2,1-2H3. The van der Waals surface area contributed by atoms with Crippen LogP contribution in [-0.4, -0.2) is 39.1 Å². The molecule has 0 saturated heterocycles. The lowest BCUT2D eigenvalue weighted by Gasteiger charge is -2.12. The first kappa shape index (κ1) is 21.6. The molecule has 0 N–H and O–H groups in total. The number of aromatic nitrogens is 4. The molecule has 4 aromatic rings. The maximum atomic E-state index is 13.1. The van der Waals surface area contributed by atoms with Gasteiger partial charge in [0.15, 0.2) is 15.0 Å². The molecule has 2 aromatic carbocycles. The second kappa shape index (κ2) is 8.84. The molecule has 4 rings (SSSR count). The molecule has 31 heavy (non-hydrogen) atoms. The molecule has 2 aromatic heterocycles. The molecule has 0 amide bonds. The Hall–Kier alpha value is -2.65. The van der Waals surface area contributed by atoms with Gasteiger partial charge in [-0.15, -0.1) is 10.2 Å². The summed E-state index contributed by atoms with van der Waals surface area (Å²) in [6.07, 6.45) is 0.846. The first-order valence-corrected chi connectivity index (χ1v) is 12.8. The number of hydrogen-bond acceptors (Lipinski definition) is 6. The highest BCUT2D eigenvalue weighted by atomic mass is 32.2. The minimum absolute atomic E-state index is 0.0124. The molecule has 0 unspecified atom stereocenters. The average molecular weight is 457 g/mol. The molecule has 7 nitrogen and oxygen atoms in total. The van der Waals surface area contributed by atoms with Crippen LogP contribution >= 0.6 is 11.8 Å². The molecule has 0 fully saturated rings. The Bertz CT molecular complexity index is 1380. The number of benzene rings is 2. The lowest BCUT2D eigenvalue weighted by atomic mass is 10.1. The largest absolute Gasteiger partial charge is 0.276 e. The summed E-state index contributed by atoms with van der Waals surface area (Å²) < 4.78 is 28.7. The summed E-state index contributed by atoms with van der Waals surface area (Å²) in [7, 11) is -3.38. The molecule has 0 bridgehead atoms. The van der Waals surface area contributed by atoms with Gasteiger partial charge in [0.25, 0.3) is 5.56 Å². The van der Waals surface area contributed by atoms with E-state index < -0.39 is 9.84 Å². The molecule has 0 aliphatic heterocycles. The lowest BCUT2D eigenvalue weighted by Crippen LogP contribution is -2.24. The summed E-state index contributed by atoms with van der Waals surface area (Å²) in [5.41, 5.74) is 0.640. The third-order valence-corrected chi connectivity index (χ3v) is 8.01. The van der Waals surface area contributed by atoms with Crippen molar-refractivity contribution < 1.29 is 8.42 Å². The van der Waals surface area contributed by atoms with Gasteiger partial charge in [-0.3, -0.25) is 13.8 Å². The Morgan fingerprint density at radius 3 is 2.45 bits per heavy atom. The summed E-state index contributed by atoms with van der Waals surface area (Å²) >= 11 is 1.33. The SMILES string of the molecule is CC(C)CCn1c(=O)c2ccccc2n2c(SCCS(=O)(=O)c3ccccc3)nnc12. The van der Waals surface area contributed by atoms with Crippen LogP contribution in [0.1, 0.15) is 20.3 Å². The number of rotatable bonds is 8. The molecular weight excluding hydrogens is 432 g/mol. The van der Waals surface area contributed by atoms with E-state index in [1.54, 1.807) is 41.0 Å². The van der Waals surface area contributed by atoms with E-state index in [0.717, 1.165) is 11.9 Å². The van der Waals surface area contributed by atoms with Crippen molar-refractivity contribution in [3.8, 4) is 0 Å². The number of sulfone groups is 1. The van der Waals surface area contributed by atoms with Crippen molar-refractivity contribution in [2.75, 3.05) is 11.5 Å². The molecule has 0 atom stereocenters. The Labute approximate surface area is 185 Å². The van der Waals surface area contributed by atoms with Crippen LogP contribution in [0.3, 0.4) is 0 Å². The zero-order valence-electron chi connectivity index (χ0n) is 17.4. The van der Waals surface area contributed by atoms with Crippen LogP contribution in [0.15, 0.2) is 69.4 Å². The topological polar surface area (TPSA) is 86.3 Å². The second-order valence-electron chi connectivity index (χ2n) is 7.75. The van der Waals surface area contributed by atoms with Gasteiger partial charge in [0.05, 0.1) is 21.6 Å². The Morgan fingerprint density at radius 1 is 1.00 bits per heavy atom. The van der Waals surface area contributed by atoms with Crippen LogP contribution in [0, 0.1) is 5.92 Å². The van der Waals surface area contributed by atoms with E-state index in [-0.39, 0.29) is 11.3 Å². The van der Waals surface area contributed by atoms with E-state index in [1.165, 1.54) is 11.8 Å². The summed E-state index contributed by atoms with van der Waals surface area (Å²) in [6.45, 7) is 4.78. The molecule has 0 radical (unpaired) electrons. The number of hydrogen-bond donors (Lipinski definition) is 0. The summed E-state index contributed by atoms with van der Waals surface area (Å²) in [5.74, 6) is 1.25. The second-order valence-corrected chi connectivity index (χ2v) is 10.9. The lowest BCUT2D eigenvalue weighted by molar-refractivity contribution is 0.512. The number of nitrogens with zero attached hydrogens (tertiary/aromatic N) is 4. The van der Waals surface area contributed by atoms with Crippen LogP contribution in [0.2, 0.25) is 0 Å². The predicted molar refractivity (Wildman–Crippen MR) is 123 cm³/mol. The zero-order valence-corrected chi connectivity index (χ0v) is 19.1. The van der Waals surface area contributed by atoms with Crippen LogP contribution in [0.4, 0.5) is 0 Å². The van der Waals surface area contributed by atoms with Crippen LogP contribution in [0.25, 0.3) is 16.7 Å². The van der Waals surface area contributed by atoms with Gasteiger partial charge in [0, 0.05) is 12.3 Å². The minimum atomic E-state index is -3.38. The van der Waals surface area contributed by atoms with Crippen LogP contribution < -0.4 is 5.56 Å². The van der Waals surface area contributed by atoms with E-state index >= 15 is 0 Å². The van der Waals surface area contributed by atoms with Gasteiger partial charge in [-0.1, -0.05) is 55.9 Å². The molecule has 0 aliphatic rings. The van der Waals surface area contributed by atoms with Crippen molar-refractivity contribution in [2.45, 2.75) is 36.9 Å². The van der Waals surface area contributed by atoms with Crippen LogP contribution in [-0.2, 0) is 16.4 Å². The first-order valence-electron chi connectivity index (χ1n) is 10.2. The van der Waals surface area contributed by atoms with Gasteiger partial charge in [0.1, 0.15) is 0 Å². The minimum Gasteiger partial charge on any atom is -0.276 e. The van der Waals surface area contributed by atoms with Gasteiger partial charge in [-0.25, -0.2) is 8.42 Å². The van der Waals surface area contributed by atoms with Gasteiger partial charge in [-0.05, 0) is 36.6 Å². The maximum Gasteiger partial charge on any atom is 0.262 e. The Morgan fingerprint density at radius 2 is 1.71 bits per heavy atom. The monoisotopic (exact) mass is 456 g/mol. The molecule has 0 aliphatic carbocycles. The highest BCUT2D eigenvalue weighted by Gasteiger charge is 2.19. The number of thioether (sulfide) groups is 1. The van der Waals surface area contributed by atoms with Gasteiger partial charge in [-0.2, -0.15) is 0 Å². The molecule has 2 heterocycles. The third kappa shape index (κ3) is 4.38. The highest BCUT2D eigenvalue weighted by Crippen LogP contribution is 2.23. The highest BCUT2D eigenvalue weighted by molar-refractivity contribution is 8.00. The van der Waals surface area contributed by atoms with Gasteiger partial charge >= 0.3 is 0 Å². The quantitative estimate of drug-likeness (QED) is 0.376. The number of para-hydroxylation sites is 1. The normalized spacial score (nSPS) is 12.2. The van der Waals surface area contributed by atoms with Gasteiger partial charge in [0.2, 0.25) is 5.78 Å². The first-order chi connectivity index (χ1) is 14.9. The van der Waals surface area contributed by atoms with E-state index in [1.807, 2.05) is 22.6 Å². The molecule has 9 heteroatoms. The van der Waals surface area contributed by atoms with Crippen molar-refractivity contribution in [3.05, 3.63) is 65.0 Å². The van der Waals surface area contributed by atoms with E-state index in [2.05, 4.69) is 24.0 Å². The predicted octanol–water partition coefficient (Wildman–Crippen LogP) is 3.66. The van der Waals surface area contributed by atoms with Gasteiger partial charge < -0.3 is 0 Å². The van der Waals surface area contributed by atoms with Crippen molar-refractivity contribution in [3.63, 3.8) is 0 Å². The van der Waals surface area contributed by atoms with Crippen molar-refractivity contribution in [1.82, 2.24) is 19.2 Å². The third-order valence-electron chi connectivity index (χ3n) is 5.09. The van der Waals surface area contributed by atoms with Crippen molar-refractivity contribution in [1.29, 1.82) is 0 Å². The summed E-state index contributed by atoms with van der Waals surface area (Å²) in [5, 5.41) is 9.75. The van der Waals surface area contributed by atoms with E-state index in [0.29, 0.717) is 39.4 Å². The van der Waals surface area contributed by atoms with Crippen molar-refractivity contribution in [2.24, 2.45) is 5.92 Å². The summed E-state index contributed by atoms with van der Waals surface area (Å²) in [6, 6.07) is 15.8. The average Bonchev–Trinajstić information content (AvgIpc) is 3.18. The number of aryl methyl sites for hydroxylation is 1.